The van der Waals surface area contributed by atoms with Crippen molar-refractivity contribution < 1.29 is 0 Å². The minimum Gasteiger partial charge on any atom is -0.389 e. The van der Waals surface area contributed by atoms with Crippen molar-refractivity contribution >= 4 is 23.0 Å². The van der Waals surface area contributed by atoms with Crippen LogP contribution in [0.4, 0.5) is 5.82 Å². The quantitative estimate of drug-likeness (QED) is 0.817. The molecule has 4 heteroatoms. The fourth-order valence-corrected chi connectivity index (χ4v) is 2.61. The second-order valence-corrected chi connectivity index (χ2v) is 6.60. The van der Waals surface area contributed by atoms with Gasteiger partial charge in [-0.05, 0) is 49.1 Å². The number of nitrogens with zero attached hydrogens (tertiary/aromatic N) is 1. The van der Waals surface area contributed by atoms with E-state index >= 15 is 0 Å². The van der Waals surface area contributed by atoms with Crippen molar-refractivity contribution in [3.63, 3.8) is 0 Å². The number of thiocarbonyl (C=S) groups is 1. The van der Waals surface area contributed by atoms with Gasteiger partial charge in [-0.1, -0.05) is 33.0 Å². The largest absolute Gasteiger partial charge is 0.389 e. The summed E-state index contributed by atoms with van der Waals surface area (Å²) in [6.45, 7) is 7.62. The number of aryl methyl sites for hydroxylation is 2. The predicted molar refractivity (Wildman–Crippen MR) is 89.3 cm³/mol. The third kappa shape index (κ3) is 3.48. The molecule has 0 saturated carbocycles. The number of nitrogens with two attached hydrogens (primary N) is 1. The predicted octanol–water partition coefficient (Wildman–Crippen LogP) is 3.30. The average Bonchev–Trinajstić information content (AvgIpc) is 2.43. The molecule has 110 valence electrons. The minimum absolute atomic E-state index is 0.436. The summed E-state index contributed by atoms with van der Waals surface area (Å²) in [5.41, 5.74) is 9.30. The molecular formula is C16H25N3S. The van der Waals surface area contributed by atoms with Gasteiger partial charge in [0.2, 0.25) is 0 Å². The van der Waals surface area contributed by atoms with Gasteiger partial charge in [-0.15, -0.1) is 0 Å². The van der Waals surface area contributed by atoms with Crippen molar-refractivity contribution in [3.8, 4) is 0 Å². The van der Waals surface area contributed by atoms with Crippen LogP contribution in [-0.4, -0.2) is 16.5 Å². The molecule has 0 saturated heterocycles. The maximum atomic E-state index is 5.87. The number of fused-ring (bicyclic) bond motifs is 1. The molecule has 0 radical (unpaired) electrons. The van der Waals surface area contributed by atoms with Crippen LogP contribution in [0.25, 0.3) is 0 Å². The lowest BCUT2D eigenvalue weighted by Gasteiger charge is -2.21. The van der Waals surface area contributed by atoms with Crippen LogP contribution in [0.15, 0.2) is 6.07 Å². The van der Waals surface area contributed by atoms with E-state index < -0.39 is 0 Å². The molecule has 1 unspecified atom stereocenters. The maximum Gasteiger partial charge on any atom is 0.136 e. The molecule has 0 amide bonds. The van der Waals surface area contributed by atoms with Crippen LogP contribution < -0.4 is 11.1 Å². The normalized spacial score (nSPS) is 15.8. The number of hydrogen-bond acceptors (Lipinski definition) is 3. The first kappa shape index (κ1) is 15.2. The lowest BCUT2D eigenvalue weighted by Crippen LogP contribution is -2.22. The molecule has 1 aromatic rings. The monoisotopic (exact) mass is 291 g/mol. The second-order valence-electron chi connectivity index (χ2n) is 6.16. The zero-order valence-electron chi connectivity index (χ0n) is 12.7. The molecule has 0 spiro atoms. The summed E-state index contributed by atoms with van der Waals surface area (Å²) in [6.07, 6.45) is 4.64. The Morgan fingerprint density at radius 1 is 1.35 bits per heavy atom. The molecule has 0 aromatic carbocycles. The Kier molecular flexibility index (Phi) is 4.97. The first-order chi connectivity index (χ1) is 9.49. The molecule has 20 heavy (non-hydrogen) atoms. The van der Waals surface area contributed by atoms with Crippen molar-refractivity contribution in [3.05, 3.63) is 22.9 Å². The number of nitrogens with one attached hydrogen (secondary N) is 1. The van der Waals surface area contributed by atoms with Crippen molar-refractivity contribution in [1.29, 1.82) is 0 Å². The molecular weight excluding hydrogens is 266 g/mol. The highest BCUT2D eigenvalue weighted by atomic mass is 32.1. The van der Waals surface area contributed by atoms with Gasteiger partial charge >= 0.3 is 0 Å². The van der Waals surface area contributed by atoms with E-state index in [2.05, 4.69) is 32.2 Å². The Morgan fingerprint density at radius 2 is 2.05 bits per heavy atom. The highest BCUT2D eigenvalue weighted by molar-refractivity contribution is 7.80. The van der Waals surface area contributed by atoms with Gasteiger partial charge < -0.3 is 11.1 Å². The molecule has 0 fully saturated rings. The molecule has 3 nitrogen and oxygen atoms in total. The van der Waals surface area contributed by atoms with Crippen molar-refractivity contribution in [1.82, 2.24) is 4.98 Å². The Balaban J connectivity index is 2.23. The van der Waals surface area contributed by atoms with E-state index in [0.29, 0.717) is 16.8 Å². The van der Waals surface area contributed by atoms with Gasteiger partial charge in [0.15, 0.2) is 0 Å². The van der Waals surface area contributed by atoms with Crippen molar-refractivity contribution in [2.45, 2.75) is 46.5 Å². The summed E-state index contributed by atoms with van der Waals surface area (Å²) < 4.78 is 0. The lowest BCUT2D eigenvalue weighted by atomic mass is 9.94. The molecule has 1 heterocycles. The molecule has 1 aromatic heterocycles. The van der Waals surface area contributed by atoms with Crippen LogP contribution in [0.1, 0.15) is 50.4 Å². The van der Waals surface area contributed by atoms with Crippen LogP contribution in [0.5, 0.6) is 0 Å². The van der Waals surface area contributed by atoms with E-state index in [0.717, 1.165) is 30.8 Å². The summed E-state index contributed by atoms with van der Waals surface area (Å²) in [5.74, 6) is 2.10. The minimum atomic E-state index is 0.436. The Hall–Kier alpha value is -1.16. The topological polar surface area (TPSA) is 50.9 Å². The fraction of sp³-hybridized carbons (Fsp3) is 0.625. The number of hydrogen-bond donors (Lipinski definition) is 2. The van der Waals surface area contributed by atoms with E-state index in [1.807, 2.05) is 0 Å². The zero-order valence-corrected chi connectivity index (χ0v) is 13.5. The Morgan fingerprint density at radius 3 is 2.70 bits per heavy atom. The van der Waals surface area contributed by atoms with Gasteiger partial charge in [0.05, 0.1) is 5.56 Å². The summed E-state index contributed by atoms with van der Waals surface area (Å²) >= 11 is 5.18. The first-order valence-electron chi connectivity index (χ1n) is 7.55. The smallest absolute Gasteiger partial charge is 0.136 e. The molecule has 2 rings (SSSR count). The third-order valence-corrected chi connectivity index (χ3v) is 4.52. The first-order valence-corrected chi connectivity index (χ1v) is 7.96. The molecule has 3 N–H and O–H groups in total. The molecule has 1 aliphatic carbocycles. The number of anilines is 1. The molecule has 0 bridgehead atoms. The SMILES string of the molecule is CC(C)C(C)CNc1nc2c(cc1C(N)=S)CCCC2. The Labute approximate surface area is 127 Å². The third-order valence-electron chi connectivity index (χ3n) is 4.30. The van der Waals surface area contributed by atoms with Gasteiger partial charge in [-0.25, -0.2) is 4.98 Å². The second kappa shape index (κ2) is 6.53. The number of aromatic nitrogens is 1. The standard InChI is InChI=1S/C16H25N3S/c1-10(2)11(3)9-18-16-13(15(17)20)8-12-6-4-5-7-14(12)19-16/h8,10-11H,4-7,9H2,1-3H3,(H2,17,20)(H,18,19). The van der Waals surface area contributed by atoms with E-state index in [-0.39, 0.29) is 0 Å². The number of pyridine rings is 1. The van der Waals surface area contributed by atoms with Gasteiger partial charge in [-0.3, -0.25) is 0 Å². The molecule has 1 aliphatic rings. The maximum absolute atomic E-state index is 5.87. The van der Waals surface area contributed by atoms with Gasteiger partial charge in [0.25, 0.3) is 0 Å². The van der Waals surface area contributed by atoms with Gasteiger partial charge in [-0.2, -0.15) is 0 Å². The highest BCUT2D eigenvalue weighted by Crippen LogP contribution is 2.25. The molecule has 1 atom stereocenters. The van der Waals surface area contributed by atoms with Crippen LogP contribution >= 0.6 is 12.2 Å². The summed E-state index contributed by atoms with van der Waals surface area (Å²) in [7, 11) is 0. The Bertz CT molecular complexity index is 497. The van der Waals surface area contributed by atoms with Gasteiger partial charge in [0, 0.05) is 12.2 Å². The van der Waals surface area contributed by atoms with Crippen LogP contribution in [0, 0.1) is 11.8 Å². The number of rotatable bonds is 5. The summed E-state index contributed by atoms with van der Waals surface area (Å²) in [6, 6.07) is 2.15. The summed E-state index contributed by atoms with van der Waals surface area (Å²) in [5, 5.41) is 3.45. The van der Waals surface area contributed by atoms with Gasteiger partial charge in [0.1, 0.15) is 10.8 Å². The van der Waals surface area contributed by atoms with Crippen molar-refractivity contribution in [2.75, 3.05) is 11.9 Å². The van der Waals surface area contributed by atoms with Crippen LogP contribution in [0.2, 0.25) is 0 Å². The van der Waals surface area contributed by atoms with Crippen LogP contribution in [0.3, 0.4) is 0 Å². The average molecular weight is 291 g/mol. The van der Waals surface area contributed by atoms with E-state index in [1.54, 1.807) is 0 Å². The zero-order chi connectivity index (χ0) is 14.7. The fourth-order valence-electron chi connectivity index (χ4n) is 2.45. The lowest BCUT2D eigenvalue weighted by molar-refractivity contribution is 0.439. The summed E-state index contributed by atoms with van der Waals surface area (Å²) in [4.78, 5) is 5.22. The van der Waals surface area contributed by atoms with Crippen molar-refractivity contribution in [2.24, 2.45) is 17.6 Å². The molecule has 0 aliphatic heterocycles. The van der Waals surface area contributed by atoms with E-state index in [1.165, 1.54) is 24.1 Å². The van der Waals surface area contributed by atoms with Crippen LogP contribution in [-0.2, 0) is 12.8 Å². The highest BCUT2D eigenvalue weighted by Gasteiger charge is 2.17. The van der Waals surface area contributed by atoms with E-state index in [9.17, 15) is 0 Å². The van der Waals surface area contributed by atoms with E-state index in [4.69, 9.17) is 22.9 Å².